The molecule has 1 aliphatic rings. The summed E-state index contributed by atoms with van der Waals surface area (Å²) in [6.07, 6.45) is 1.95. The number of aliphatic carboxylic acids is 1. The van der Waals surface area contributed by atoms with Crippen LogP contribution in [0.1, 0.15) is 12.8 Å². The van der Waals surface area contributed by atoms with E-state index in [1.165, 1.54) is 12.1 Å². The summed E-state index contributed by atoms with van der Waals surface area (Å²) in [5.74, 6) is -0.893. The molecule has 17 heavy (non-hydrogen) atoms. The number of rotatable bonds is 5. The molecule has 2 rings (SSSR count). The van der Waals surface area contributed by atoms with Crippen LogP contribution >= 0.6 is 0 Å². The summed E-state index contributed by atoms with van der Waals surface area (Å²) in [6.45, 7) is -0.0670. The van der Waals surface area contributed by atoms with E-state index in [-0.39, 0.29) is 18.3 Å². The number of non-ortho nitro benzene ring substituents is 1. The smallest absolute Gasteiger partial charge is 0.323 e. The Kier molecular flexibility index (Phi) is 2.95. The van der Waals surface area contributed by atoms with E-state index in [2.05, 4.69) is 0 Å². The molecule has 0 amide bonds. The number of hydrogen-bond donors (Lipinski definition) is 1. The van der Waals surface area contributed by atoms with Crippen LogP contribution in [0.4, 0.5) is 11.4 Å². The van der Waals surface area contributed by atoms with Crippen molar-refractivity contribution in [2.24, 2.45) is 0 Å². The zero-order valence-corrected chi connectivity index (χ0v) is 9.07. The van der Waals surface area contributed by atoms with Crippen molar-refractivity contribution < 1.29 is 14.8 Å². The monoisotopic (exact) mass is 236 g/mol. The van der Waals surface area contributed by atoms with Gasteiger partial charge in [0.2, 0.25) is 0 Å². The maximum Gasteiger partial charge on any atom is 0.323 e. The molecule has 1 saturated carbocycles. The standard InChI is InChI=1S/C11H12N2O4/c14-11(15)7-12(8-1-2-8)9-3-5-10(6-4-9)13(16)17/h3-6,8H,1-2,7H2,(H,14,15). The molecule has 0 unspecified atom stereocenters. The van der Waals surface area contributed by atoms with Crippen molar-refractivity contribution in [3.8, 4) is 0 Å². The maximum atomic E-state index is 10.7. The zero-order chi connectivity index (χ0) is 12.4. The molecule has 1 fully saturated rings. The number of carbonyl (C=O) groups is 1. The van der Waals surface area contributed by atoms with Gasteiger partial charge in [0.05, 0.1) is 4.92 Å². The van der Waals surface area contributed by atoms with Crippen LogP contribution in [-0.2, 0) is 4.79 Å². The average molecular weight is 236 g/mol. The van der Waals surface area contributed by atoms with Gasteiger partial charge in [0, 0.05) is 23.9 Å². The first-order valence-electron chi connectivity index (χ1n) is 5.31. The van der Waals surface area contributed by atoms with Crippen molar-refractivity contribution >= 4 is 17.3 Å². The Labute approximate surface area is 97.6 Å². The van der Waals surface area contributed by atoms with Gasteiger partial charge in [0.25, 0.3) is 5.69 Å². The molecule has 1 aromatic carbocycles. The predicted molar refractivity (Wildman–Crippen MR) is 61.1 cm³/mol. The van der Waals surface area contributed by atoms with Gasteiger partial charge in [0.1, 0.15) is 6.54 Å². The summed E-state index contributed by atoms with van der Waals surface area (Å²) in [4.78, 5) is 22.5. The van der Waals surface area contributed by atoms with E-state index in [1.807, 2.05) is 0 Å². The van der Waals surface area contributed by atoms with E-state index >= 15 is 0 Å². The van der Waals surface area contributed by atoms with E-state index in [9.17, 15) is 14.9 Å². The lowest BCUT2D eigenvalue weighted by Crippen LogP contribution is -2.31. The molecular weight excluding hydrogens is 224 g/mol. The third kappa shape index (κ3) is 2.72. The molecule has 6 heteroatoms. The molecular formula is C11H12N2O4. The van der Waals surface area contributed by atoms with Crippen LogP contribution < -0.4 is 4.90 Å². The van der Waals surface area contributed by atoms with Crippen LogP contribution in [0.15, 0.2) is 24.3 Å². The zero-order valence-electron chi connectivity index (χ0n) is 9.07. The van der Waals surface area contributed by atoms with Crippen LogP contribution in [0.25, 0.3) is 0 Å². The molecule has 1 aromatic rings. The van der Waals surface area contributed by atoms with Crippen LogP contribution in [0.2, 0.25) is 0 Å². The molecule has 0 bridgehead atoms. The lowest BCUT2D eigenvalue weighted by molar-refractivity contribution is -0.384. The summed E-state index contributed by atoms with van der Waals surface area (Å²) >= 11 is 0. The van der Waals surface area contributed by atoms with Gasteiger partial charge in [-0.2, -0.15) is 0 Å². The highest BCUT2D eigenvalue weighted by molar-refractivity contribution is 5.74. The Hall–Kier alpha value is -2.11. The Bertz CT molecular complexity index is 439. The van der Waals surface area contributed by atoms with E-state index in [0.717, 1.165) is 18.5 Å². The van der Waals surface area contributed by atoms with Crippen molar-refractivity contribution in [2.45, 2.75) is 18.9 Å². The number of carboxylic acid groups (broad SMARTS) is 1. The van der Waals surface area contributed by atoms with Crippen LogP contribution in [0.3, 0.4) is 0 Å². The van der Waals surface area contributed by atoms with E-state index in [1.54, 1.807) is 17.0 Å². The van der Waals surface area contributed by atoms with Crippen LogP contribution in [0.5, 0.6) is 0 Å². The number of carboxylic acids is 1. The van der Waals surface area contributed by atoms with Crippen LogP contribution in [-0.4, -0.2) is 28.6 Å². The molecule has 0 radical (unpaired) electrons. The third-order valence-electron chi connectivity index (χ3n) is 2.69. The van der Waals surface area contributed by atoms with Gasteiger partial charge >= 0.3 is 5.97 Å². The lowest BCUT2D eigenvalue weighted by Gasteiger charge is -2.22. The van der Waals surface area contributed by atoms with Gasteiger partial charge in [-0.25, -0.2) is 0 Å². The maximum absolute atomic E-state index is 10.7. The topological polar surface area (TPSA) is 83.7 Å². The highest BCUT2D eigenvalue weighted by Gasteiger charge is 2.30. The second kappa shape index (κ2) is 4.40. The number of benzene rings is 1. The SMILES string of the molecule is O=C(O)CN(c1ccc([N+](=O)[O-])cc1)C1CC1. The van der Waals surface area contributed by atoms with Crippen molar-refractivity contribution in [3.05, 3.63) is 34.4 Å². The minimum atomic E-state index is -0.893. The fourth-order valence-corrected chi connectivity index (χ4v) is 1.73. The first-order chi connectivity index (χ1) is 8.08. The third-order valence-corrected chi connectivity index (χ3v) is 2.69. The summed E-state index contributed by atoms with van der Waals surface area (Å²) in [7, 11) is 0. The molecule has 0 spiro atoms. The van der Waals surface area contributed by atoms with Crippen molar-refractivity contribution in [2.75, 3.05) is 11.4 Å². The normalized spacial score (nSPS) is 14.4. The minimum Gasteiger partial charge on any atom is -0.480 e. The molecule has 0 heterocycles. The van der Waals surface area contributed by atoms with Crippen molar-refractivity contribution in [1.29, 1.82) is 0 Å². The summed E-state index contributed by atoms with van der Waals surface area (Å²) in [6, 6.07) is 6.24. The minimum absolute atomic E-state index is 0.0137. The largest absolute Gasteiger partial charge is 0.480 e. The first kappa shape index (κ1) is 11.4. The molecule has 6 nitrogen and oxygen atoms in total. The number of hydrogen-bond acceptors (Lipinski definition) is 4. The second-order valence-electron chi connectivity index (χ2n) is 4.03. The fourth-order valence-electron chi connectivity index (χ4n) is 1.73. The average Bonchev–Trinajstić information content (AvgIpc) is 3.09. The summed E-state index contributed by atoms with van der Waals surface area (Å²) in [5, 5.41) is 19.3. The fraction of sp³-hybridized carbons (Fsp3) is 0.364. The van der Waals surface area contributed by atoms with E-state index in [0.29, 0.717) is 0 Å². The molecule has 0 saturated heterocycles. The molecule has 1 aliphatic carbocycles. The second-order valence-corrected chi connectivity index (χ2v) is 4.03. The van der Waals surface area contributed by atoms with Crippen molar-refractivity contribution in [3.63, 3.8) is 0 Å². The Morgan fingerprint density at radius 2 is 2.00 bits per heavy atom. The van der Waals surface area contributed by atoms with E-state index < -0.39 is 10.9 Å². The van der Waals surface area contributed by atoms with Gasteiger partial charge in [0.15, 0.2) is 0 Å². The Balaban J connectivity index is 2.18. The predicted octanol–water partition coefficient (Wildman–Crippen LogP) is 1.65. The lowest BCUT2D eigenvalue weighted by atomic mass is 10.2. The van der Waals surface area contributed by atoms with Gasteiger partial charge in [-0.3, -0.25) is 14.9 Å². The Morgan fingerprint density at radius 1 is 1.41 bits per heavy atom. The van der Waals surface area contributed by atoms with Gasteiger partial charge < -0.3 is 10.0 Å². The number of nitro benzene ring substituents is 1. The molecule has 90 valence electrons. The van der Waals surface area contributed by atoms with Crippen molar-refractivity contribution in [1.82, 2.24) is 0 Å². The summed E-state index contributed by atoms with van der Waals surface area (Å²) in [5.41, 5.74) is 0.736. The Morgan fingerprint density at radius 3 is 2.41 bits per heavy atom. The summed E-state index contributed by atoms with van der Waals surface area (Å²) < 4.78 is 0. The van der Waals surface area contributed by atoms with Gasteiger partial charge in [-0.05, 0) is 25.0 Å². The van der Waals surface area contributed by atoms with Gasteiger partial charge in [-0.15, -0.1) is 0 Å². The first-order valence-corrected chi connectivity index (χ1v) is 5.31. The highest BCUT2D eigenvalue weighted by Crippen LogP contribution is 2.32. The molecule has 0 aliphatic heterocycles. The number of nitrogens with zero attached hydrogens (tertiary/aromatic N) is 2. The van der Waals surface area contributed by atoms with Gasteiger partial charge in [-0.1, -0.05) is 0 Å². The van der Waals surface area contributed by atoms with E-state index in [4.69, 9.17) is 5.11 Å². The quantitative estimate of drug-likeness (QED) is 0.620. The highest BCUT2D eigenvalue weighted by atomic mass is 16.6. The molecule has 0 atom stereocenters. The number of anilines is 1. The van der Waals surface area contributed by atoms with Crippen LogP contribution in [0, 0.1) is 10.1 Å². The number of nitro groups is 1. The molecule has 1 N–H and O–H groups in total. The molecule has 0 aromatic heterocycles.